The van der Waals surface area contributed by atoms with Crippen LogP contribution in [0.15, 0.2) is 78.9 Å². The van der Waals surface area contributed by atoms with Crippen LogP contribution in [0, 0.1) is 13.8 Å². The zero-order valence-electron chi connectivity index (χ0n) is 22.2. The maximum atomic E-state index is 11.2. The average molecular weight is 501 g/mol. The molecule has 0 N–H and O–H groups in total. The smallest absolute Gasteiger partial charge is 0.160 e. The third-order valence-electron chi connectivity index (χ3n) is 7.38. The summed E-state index contributed by atoms with van der Waals surface area (Å²) in [7, 11) is -2.39. The van der Waals surface area contributed by atoms with E-state index in [1.165, 1.54) is 40.0 Å². The maximum absolute atomic E-state index is 11.2. The molecule has 0 atom stereocenters. The molecule has 184 valence electrons. The lowest BCUT2D eigenvalue weighted by Gasteiger charge is -2.41. The van der Waals surface area contributed by atoms with Crippen LogP contribution < -0.4 is 4.23 Å². The van der Waals surface area contributed by atoms with Crippen molar-refractivity contribution >= 4 is 27.9 Å². The highest BCUT2D eigenvalue weighted by Crippen LogP contribution is 2.41. The number of hydrogen-bond acceptors (Lipinski definition) is 3. The number of aryl methyl sites for hydroxylation is 2. The Labute approximate surface area is 214 Å². The molecule has 5 rings (SSSR count). The Morgan fingerprint density at radius 3 is 1.51 bits per heavy atom. The second kappa shape index (κ2) is 10.3. The number of ketones is 1. The molecule has 2 aliphatic rings. The number of nitrogens with zero attached hydrogens (tertiary/aromatic N) is 2. The van der Waals surface area contributed by atoms with Gasteiger partial charge in [-0.25, -0.2) is 0 Å². The van der Waals surface area contributed by atoms with Gasteiger partial charge in [0.1, 0.15) is 16.5 Å². The third kappa shape index (κ3) is 5.85. The van der Waals surface area contributed by atoms with Crippen LogP contribution in [0.3, 0.4) is 0 Å². The predicted octanol–water partition coefficient (Wildman–Crippen LogP) is 7.19. The van der Waals surface area contributed by atoms with E-state index in [4.69, 9.17) is 0 Å². The van der Waals surface area contributed by atoms with Crippen LogP contribution in [-0.2, 0) is 4.79 Å². The number of anilines is 1. The summed E-state index contributed by atoms with van der Waals surface area (Å²) in [5, 5.41) is 0. The molecule has 35 heavy (non-hydrogen) atoms. The largest absolute Gasteiger partial charge is 0.424 e. The lowest BCUT2D eigenvalue weighted by molar-refractivity contribution is -0.130. The topological polar surface area (TPSA) is 23.6 Å². The zero-order chi connectivity index (χ0) is 25.2. The number of carbonyl (C=O) groups is 1. The van der Waals surface area contributed by atoms with Gasteiger partial charge in [-0.1, -0.05) is 92.9 Å². The SMILES string of the molecule is Cc1cc(C)cc(N2[Si](C)(C)CC[Si]2(C)C)c1.O=C1CN(C(c2ccccc2)c2ccccc2)C1. The molecule has 5 heteroatoms. The molecule has 0 spiro atoms. The Bertz CT molecular complexity index is 1080. The normalized spacial score (nSPS) is 18.7. The van der Waals surface area contributed by atoms with Crippen LogP contribution in [0.4, 0.5) is 5.69 Å². The van der Waals surface area contributed by atoms with E-state index in [0.29, 0.717) is 18.9 Å². The molecule has 0 bridgehead atoms. The number of rotatable bonds is 4. The minimum atomic E-state index is -1.20. The van der Waals surface area contributed by atoms with Crippen LogP contribution in [-0.4, -0.2) is 40.2 Å². The molecule has 2 aliphatic heterocycles. The summed E-state index contributed by atoms with van der Waals surface area (Å²) in [5.41, 5.74) is 6.81. The molecule has 0 aromatic heterocycles. The van der Waals surface area contributed by atoms with E-state index >= 15 is 0 Å². The fourth-order valence-corrected chi connectivity index (χ4v) is 20.1. The second-order valence-electron chi connectivity index (χ2n) is 11.5. The summed E-state index contributed by atoms with van der Waals surface area (Å²) in [6, 6.07) is 30.9. The molecule has 3 nitrogen and oxygen atoms in total. The van der Waals surface area contributed by atoms with Crippen LogP contribution >= 0.6 is 0 Å². The summed E-state index contributed by atoms with van der Waals surface area (Å²) in [5.74, 6) is 0.326. The summed E-state index contributed by atoms with van der Waals surface area (Å²) in [6.07, 6.45) is 0. The van der Waals surface area contributed by atoms with Gasteiger partial charge in [0.25, 0.3) is 0 Å². The second-order valence-corrected chi connectivity index (χ2v) is 21.1. The minimum absolute atomic E-state index is 0.199. The first kappa shape index (κ1) is 25.6. The highest BCUT2D eigenvalue weighted by atomic mass is 28.4. The molecule has 3 aromatic rings. The number of Topliss-reactive ketones (excluding diaryl/α,β-unsaturated/α-hetero) is 1. The van der Waals surface area contributed by atoms with Gasteiger partial charge < -0.3 is 4.23 Å². The van der Waals surface area contributed by atoms with Crippen molar-refractivity contribution in [3.05, 3.63) is 101 Å². The lowest BCUT2D eigenvalue weighted by Crippen LogP contribution is -2.55. The van der Waals surface area contributed by atoms with Crippen molar-refractivity contribution in [3.8, 4) is 0 Å². The van der Waals surface area contributed by atoms with E-state index in [-0.39, 0.29) is 6.04 Å². The molecule has 0 unspecified atom stereocenters. The average Bonchev–Trinajstić information content (AvgIpc) is 3.01. The molecule has 2 fully saturated rings. The van der Waals surface area contributed by atoms with E-state index in [1.807, 2.05) is 36.4 Å². The van der Waals surface area contributed by atoms with Gasteiger partial charge in [0.2, 0.25) is 0 Å². The van der Waals surface area contributed by atoms with Gasteiger partial charge in [0.15, 0.2) is 5.78 Å². The van der Waals surface area contributed by atoms with Crippen molar-refractivity contribution < 1.29 is 4.79 Å². The molecule has 0 aliphatic carbocycles. The van der Waals surface area contributed by atoms with Crippen LogP contribution in [0.5, 0.6) is 0 Å². The number of carbonyl (C=O) groups excluding carboxylic acids is 1. The summed E-state index contributed by atoms with van der Waals surface area (Å²) in [6.45, 7) is 15.7. The van der Waals surface area contributed by atoms with Crippen LogP contribution in [0.2, 0.25) is 38.3 Å². The first-order chi connectivity index (χ1) is 16.6. The van der Waals surface area contributed by atoms with Crippen molar-refractivity contribution in [2.75, 3.05) is 17.3 Å². The fourth-order valence-electron chi connectivity index (χ4n) is 5.91. The fraction of sp³-hybridized carbons (Fsp3) is 0.367. The van der Waals surface area contributed by atoms with Gasteiger partial charge in [0, 0.05) is 5.69 Å². The molecule has 3 aromatic carbocycles. The quantitative estimate of drug-likeness (QED) is 0.354. The number of hydrogen-bond donors (Lipinski definition) is 0. The molecular weight excluding hydrogens is 461 g/mol. The minimum Gasteiger partial charge on any atom is -0.424 e. The van der Waals surface area contributed by atoms with Crippen molar-refractivity contribution in [2.24, 2.45) is 0 Å². The lowest BCUT2D eigenvalue weighted by atomic mass is 9.94. The van der Waals surface area contributed by atoms with Gasteiger partial charge >= 0.3 is 0 Å². The third-order valence-corrected chi connectivity index (χ3v) is 17.4. The van der Waals surface area contributed by atoms with Crippen molar-refractivity contribution in [3.63, 3.8) is 0 Å². The van der Waals surface area contributed by atoms with Crippen molar-refractivity contribution in [1.82, 2.24) is 4.90 Å². The first-order valence-electron chi connectivity index (χ1n) is 12.8. The maximum Gasteiger partial charge on any atom is 0.160 e. The van der Waals surface area contributed by atoms with Crippen molar-refractivity contribution in [1.29, 1.82) is 0 Å². The summed E-state index contributed by atoms with van der Waals surface area (Å²) < 4.78 is 2.89. The molecule has 0 amide bonds. The first-order valence-corrected chi connectivity index (χ1v) is 19.1. The predicted molar refractivity (Wildman–Crippen MR) is 154 cm³/mol. The van der Waals surface area contributed by atoms with E-state index < -0.39 is 16.5 Å². The Kier molecular flexibility index (Phi) is 7.50. The standard InChI is InChI=1S/C16H15NO.C14H25NSi2/c18-15-11-17(12-15)16(13-7-3-1-4-8-13)14-9-5-2-6-10-14;1-12-9-13(2)11-14(10-12)15-16(3,4)7-8-17(15,5)6/h1-10,16H,11-12H2;9-11H,7-8H2,1-6H3. The van der Waals surface area contributed by atoms with E-state index in [0.717, 1.165) is 0 Å². The van der Waals surface area contributed by atoms with E-state index in [2.05, 4.69) is 91.6 Å². The van der Waals surface area contributed by atoms with Gasteiger partial charge in [0.05, 0.1) is 19.1 Å². The molecular formula is C30H40N2OSi2. The molecule has 0 radical (unpaired) electrons. The molecule has 2 heterocycles. The van der Waals surface area contributed by atoms with Gasteiger partial charge in [-0.15, -0.1) is 0 Å². The Hall–Kier alpha value is -2.48. The Morgan fingerprint density at radius 2 is 1.11 bits per heavy atom. The van der Waals surface area contributed by atoms with Crippen LogP contribution in [0.1, 0.15) is 28.3 Å². The highest BCUT2D eigenvalue weighted by molar-refractivity contribution is 7.04. The number of benzene rings is 3. The monoisotopic (exact) mass is 500 g/mol. The summed E-state index contributed by atoms with van der Waals surface area (Å²) in [4.78, 5) is 13.5. The zero-order valence-corrected chi connectivity index (χ0v) is 24.2. The van der Waals surface area contributed by atoms with Gasteiger partial charge in [-0.3, -0.25) is 9.69 Å². The van der Waals surface area contributed by atoms with Crippen molar-refractivity contribution in [2.45, 2.75) is 58.2 Å². The molecule has 0 saturated carbocycles. The van der Waals surface area contributed by atoms with Gasteiger partial charge in [-0.2, -0.15) is 0 Å². The van der Waals surface area contributed by atoms with Gasteiger partial charge in [-0.05, 0) is 60.3 Å². The Morgan fingerprint density at radius 1 is 0.686 bits per heavy atom. The van der Waals surface area contributed by atoms with E-state index in [1.54, 1.807) is 0 Å². The number of likely N-dealkylation sites (tertiary alicyclic amines) is 1. The van der Waals surface area contributed by atoms with E-state index in [9.17, 15) is 4.79 Å². The highest BCUT2D eigenvalue weighted by Gasteiger charge is 2.47. The molecule has 2 saturated heterocycles. The van der Waals surface area contributed by atoms with Crippen LogP contribution in [0.25, 0.3) is 0 Å². The Balaban J connectivity index is 0.000000165. The summed E-state index contributed by atoms with van der Waals surface area (Å²) >= 11 is 0.